The quantitative estimate of drug-likeness (QED) is 0.705. The predicted molar refractivity (Wildman–Crippen MR) is 53.4 cm³/mol. The van der Waals surface area contributed by atoms with Crippen LogP contribution in [0.1, 0.15) is 0 Å². The Morgan fingerprint density at radius 1 is 1.36 bits per heavy atom. The molecular weight excluding hydrogens is 256 g/mol. The van der Waals surface area contributed by atoms with E-state index >= 15 is 0 Å². The maximum absolute atomic E-state index is 12.9. The van der Waals surface area contributed by atoms with Crippen molar-refractivity contribution in [2.75, 3.05) is 19.0 Å². The summed E-state index contributed by atoms with van der Waals surface area (Å²) in [4.78, 5) is 1.87. The molecule has 0 amide bonds. The monoisotopic (exact) mass is 265 g/mol. The van der Waals surface area contributed by atoms with Crippen molar-refractivity contribution in [1.82, 2.24) is 0 Å². The first-order valence-corrected chi connectivity index (χ1v) is 4.31. The van der Waals surface area contributed by atoms with Gasteiger partial charge in [-0.15, -0.1) is 0 Å². The van der Waals surface area contributed by atoms with E-state index in [9.17, 15) is 4.39 Å². The third kappa shape index (κ3) is 2.05. The SMILES string of the molecule is CN(C)c1ccc(I)c(F)c1. The summed E-state index contributed by atoms with van der Waals surface area (Å²) in [5, 5.41) is 0. The van der Waals surface area contributed by atoms with Crippen LogP contribution in [0.4, 0.5) is 10.1 Å². The van der Waals surface area contributed by atoms with Gasteiger partial charge in [-0.1, -0.05) is 0 Å². The average molecular weight is 265 g/mol. The predicted octanol–water partition coefficient (Wildman–Crippen LogP) is 2.50. The summed E-state index contributed by atoms with van der Waals surface area (Å²) in [5.41, 5.74) is 0.892. The van der Waals surface area contributed by atoms with Crippen molar-refractivity contribution in [2.24, 2.45) is 0 Å². The molecule has 0 saturated carbocycles. The minimum atomic E-state index is -0.156. The first-order valence-electron chi connectivity index (χ1n) is 3.23. The van der Waals surface area contributed by atoms with Gasteiger partial charge in [0.05, 0.1) is 0 Å². The molecule has 0 spiro atoms. The van der Waals surface area contributed by atoms with Crippen molar-refractivity contribution in [2.45, 2.75) is 0 Å². The number of hydrogen-bond acceptors (Lipinski definition) is 1. The minimum Gasteiger partial charge on any atom is -0.378 e. The van der Waals surface area contributed by atoms with Gasteiger partial charge in [0.15, 0.2) is 0 Å². The molecule has 0 aromatic heterocycles. The zero-order valence-electron chi connectivity index (χ0n) is 6.44. The molecule has 0 fully saturated rings. The summed E-state index contributed by atoms with van der Waals surface area (Å²) < 4.78 is 13.6. The topological polar surface area (TPSA) is 3.24 Å². The highest BCUT2D eigenvalue weighted by Crippen LogP contribution is 2.17. The molecule has 1 aromatic carbocycles. The number of anilines is 1. The van der Waals surface area contributed by atoms with Crippen LogP contribution in [0.5, 0.6) is 0 Å². The molecule has 0 atom stereocenters. The molecule has 0 heterocycles. The highest BCUT2D eigenvalue weighted by molar-refractivity contribution is 14.1. The number of rotatable bonds is 1. The van der Waals surface area contributed by atoms with Crippen molar-refractivity contribution in [1.29, 1.82) is 0 Å². The second-order valence-electron chi connectivity index (χ2n) is 2.49. The Hall–Kier alpha value is -0.320. The second kappa shape index (κ2) is 3.38. The lowest BCUT2D eigenvalue weighted by Crippen LogP contribution is -2.08. The van der Waals surface area contributed by atoms with E-state index in [0.717, 1.165) is 5.69 Å². The van der Waals surface area contributed by atoms with Gasteiger partial charge >= 0.3 is 0 Å². The van der Waals surface area contributed by atoms with Gasteiger partial charge in [-0.25, -0.2) is 4.39 Å². The Morgan fingerprint density at radius 2 is 2.00 bits per heavy atom. The molecule has 1 nitrogen and oxygen atoms in total. The summed E-state index contributed by atoms with van der Waals surface area (Å²) in [6.07, 6.45) is 0. The Bertz CT molecular complexity index is 260. The van der Waals surface area contributed by atoms with Crippen molar-refractivity contribution in [3.63, 3.8) is 0 Å². The maximum atomic E-state index is 12.9. The molecule has 0 N–H and O–H groups in total. The van der Waals surface area contributed by atoms with Gasteiger partial charge in [-0.05, 0) is 40.8 Å². The number of benzene rings is 1. The number of halogens is 2. The van der Waals surface area contributed by atoms with Gasteiger partial charge in [0.2, 0.25) is 0 Å². The molecule has 0 aliphatic rings. The smallest absolute Gasteiger partial charge is 0.138 e. The van der Waals surface area contributed by atoms with Crippen LogP contribution >= 0.6 is 22.6 Å². The van der Waals surface area contributed by atoms with E-state index in [1.807, 2.05) is 47.7 Å². The van der Waals surface area contributed by atoms with E-state index in [4.69, 9.17) is 0 Å². The van der Waals surface area contributed by atoms with Gasteiger partial charge in [0, 0.05) is 23.4 Å². The van der Waals surface area contributed by atoms with Crippen LogP contribution in [0, 0.1) is 9.39 Å². The molecule has 3 heteroatoms. The van der Waals surface area contributed by atoms with Crippen LogP contribution in [0.15, 0.2) is 18.2 Å². The number of nitrogens with zero attached hydrogens (tertiary/aromatic N) is 1. The average Bonchev–Trinajstić information content (AvgIpc) is 1.94. The summed E-state index contributed by atoms with van der Waals surface area (Å²) >= 11 is 1.97. The van der Waals surface area contributed by atoms with Gasteiger partial charge in [0.25, 0.3) is 0 Å². The lowest BCUT2D eigenvalue weighted by atomic mass is 10.3. The first-order chi connectivity index (χ1) is 5.11. The summed E-state index contributed by atoms with van der Waals surface area (Å²) in [7, 11) is 3.78. The molecule has 1 rings (SSSR count). The largest absolute Gasteiger partial charge is 0.378 e. The van der Waals surface area contributed by atoms with E-state index in [1.54, 1.807) is 6.07 Å². The van der Waals surface area contributed by atoms with Crippen LogP contribution in [0.3, 0.4) is 0 Å². The standard InChI is InChI=1S/C8H9FIN/c1-11(2)6-3-4-8(10)7(9)5-6/h3-5H,1-2H3. The summed E-state index contributed by atoms with van der Waals surface area (Å²) in [6.45, 7) is 0. The zero-order chi connectivity index (χ0) is 8.43. The van der Waals surface area contributed by atoms with Gasteiger partial charge in [-0.3, -0.25) is 0 Å². The minimum absolute atomic E-state index is 0.156. The van der Waals surface area contributed by atoms with Crippen LogP contribution in [0.25, 0.3) is 0 Å². The Balaban J connectivity index is 3.05. The molecule has 1 aromatic rings. The molecule has 11 heavy (non-hydrogen) atoms. The molecule has 0 aliphatic carbocycles. The molecule has 0 unspecified atom stereocenters. The van der Waals surface area contributed by atoms with Crippen molar-refractivity contribution in [3.05, 3.63) is 27.6 Å². The fourth-order valence-corrected chi connectivity index (χ4v) is 1.10. The Labute approximate surface area is 79.3 Å². The van der Waals surface area contributed by atoms with E-state index in [-0.39, 0.29) is 5.82 Å². The third-order valence-corrected chi connectivity index (χ3v) is 2.29. The van der Waals surface area contributed by atoms with Gasteiger partial charge < -0.3 is 4.90 Å². The van der Waals surface area contributed by atoms with Crippen LogP contribution in [-0.2, 0) is 0 Å². The Kier molecular flexibility index (Phi) is 2.70. The molecular formula is C8H9FIN. The van der Waals surface area contributed by atoms with Gasteiger partial charge in [-0.2, -0.15) is 0 Å². The van der Waals surface area contributed by atoms with E-state index in [1.165, 1.54) is 6.07 Å². The zero-order valence-corrected chi connectivity index (χ0v) is 8.59. The second-order valence-corrected chi connectivity index (χ2v) is 3.66. The summed E-state index contributed by atoms with van der Waals surface area (Å²) in [5.74, 6) is -0.156. The van der Waals surface area contributed by atoms with E-state index < -0.39 is 0 Å². The van der Waals surface area contributed by atoms with Crippen LogP contribution in [0.2, 0.25) is 0 Å². The molecule has 0 bridgehead atoms. The van der Waals surface area contributed by atoms with Crippen LogP contribution < -0.4 is 4.90 Å². The van der Waals surface area contributed by atoms with Crippen molar-refractivity contribution in [3.8, 4) is 0 Å². The summed E-state index contributed by atoms with van der Waals surface area (Å²) in [6, 6.07) is 5.19. The van der Waals surface area contributed by atoms with Gasteiger partial charge in [0.1, 0.15) is 5.82 Å². The maximum Gasteiger partial charge on any atom is 0.138 e. The van der Waals surface area contributed by atoms with E-state index in [0.29, 0.717) is 3.57 Å². The molecule has 60 valence electrons. The third-order valence-electron chi connectivity index (χ3n) is 1.42. The lowest BCUT2D eigenvalue weighted by Gasteiger charge is -2.11. The Morgan fingerprint density at radius 3 is 2.45 bits per heavy atom. The fraction of sp³-hybridized carbons (Fsp3) is 0.250. The molecule has 0 aliphatic heterocycles. The van der Waals surface area contributed by atoms with Crippen molar-refractivity contribution >= 4 is 28.3 Å². The number of hydrogen-bond donors (Lipinski definition) is 0. The molecule has 0 saturated heterocycles. The van der Waals surface area contributed by atoms with Crippen LogP contribution in [-0.4, -0.2) is 14.1 Å². The van der Waals surface area contributed by atoms with E-state index in [2.05, 4.69) is 0 Å². The normalized spacial score (nSPS) is 9.82. The highest BCUT2D eigenvalue weighted by atomic mass is 127. The molecule has 0 radical (unpaired) electrons. The first kappa shape index (κ1) is 8.77. The fourth-order valence-electron chi connectivity index (χ4n) is 0.763. The van der Waals surface area contributed by atoms with Crippen molar-refractivity contribution < 1.29 is 4.39 Å². The lowest BCUT2D eigenvalue weighted by molar-refractivity contribution is 0.620. The highest BCUT2D eigenvalue weighted by Gasteiger charge is 2.00.